The van der Waals surface area contributed by atoms with Gasteiger partial charge in [-0.3, -0.25) is 0 Å². The fraction of sp³-hybridized carbons (Fsp3) is 0.905. The molecule has 0 bridgehead atoms. The van der Waals surface area contributed by atoms with E-state index in [1.54, 1.807) is 0 Å². The van der Waals surface area contributed by atoms with E-state index in [4.69, 9.17) is 0 Å². The van der Waals surface area contributed by atoms with Gasteiger partial charge in [0.2, 0.25) is 0 Å². The van der Waals surface area contributed by atoms with Gasteiger partial charge in [-0.1, -0.05) is 65.2 Å². The highest BCUT2D eigenvalue weighted by Crippen LogP contribution is 2.05. The molecule has 0 aromatic rings. The molecule has 24 heavy (non-hydrogen) atoms. The molecule has 0 aliphatic rings. The van der Waals surface area contributed by atoms with Crippen molar-refractivity contribution in [2.45, 2.75) is 86.0 Å². The summed E-state index contributed by atoms with van der Waals surface area (Å²) >= 11 is 0. The molecule has 0 saturated heterocycles. The second-order valence-corrected chi connectivity index (χ2v) is 9.94. The van der Waals surface area contributed by atoms with Gasteiger partial charge in [-0.15, -0.1) is 0 Å². The first-order chi connectivity index (χ1) is 11.7. The SMILES string of the molecule is CC=C[SiH](CN(CCCC)CCCC)CN(CCCC)CCCC. The van der Waals surface area contributed by atoms with Crippen molar-refractivity contribution in [1.29, 1.82) is 0 Å². The third-order valence-corrected chi connectivity index (χ3v) is 7.66. The summed E-state index contributed by atoms with van der Waals surface area (Å²) in [5.41, 5.74) is 2.59. The third-order valence-electron chi connectivity index (χ3n) is 4.76. The molecule has 0 aliphatic heterocycles. The smallest absolute Gasteiger partial charge is 0.0907 e. The van der Waals surface area contributed by atoms with Crippen LogP contribution in [0.25, 0.3) is 0 Å². The average molecular weight is 355 g/mol. The fourth-order valence-corrected chi connectivity index (χ4v) is 6.19. The number of hydrogen-bond acceptors (Lipinski definition) is 2. The largest absolute Gasteiger partial charge is 0.306 e. The molecule has 0 radical (unpaired) electrons. The van der Waals surface area contributed by atoms with Gasteiger partial charge in [-0.05, 0) is 71.1 Å². The molecule has 0 aliphatic carbocycles. The number of unbranched alkanes of at least 4 members (excludes halogenated alkanes) is 4. The Morgan fingerprint density at radius 1 is 0.625 bits per heavy atom. The monoisotopic (exact) mass is 354 g/mol. The van der Waals surface area contributed by atoms with E-state index in [9.17, 15) is 0 Å². The van der Waals surface area contributed by atoms with E-state index in [-0.39, 0.29) is 0 Å². The maximum absolute atomic E-state index is 2.78. The molecule has 3 heteroatoms. The summed E-state index contributed by atoms with van der Waals surface area (Å²) in [7, 11) is -0.849. The minimum Gasteiger partial charge on any atom is -0.306 e. The van der Waals surface area contributed by atoms with E-state index in [2.05, 4.69) is 56.2 Å². The average Bonchev–Trinajstić information content (AvgIpc) is 2.59. The van der Waals surface area contributed by atoms with Gasteiger partial charge in [0.1, 0.15) is 0 Å². The van der Waals surface area contributed by atoms with Crippen molar-refractivity contribution < 1.29 is 0 Å². The summed E-state index contributed by atoms with van der Waals surface area (Å²) in [5.74, 6) is 0. The molecule has 0 amide bonds. The molecule has 0 heterocycles. The van der Waals surface area contributed by atoms with E-state index < -0.39 is 8.80 Å². The van der Waals surface area contributed by atoms with Crippen molar-refractivity contribution >= 4 is 8.80 Å². The van der Waals surface area contributed by atoms with Crippen molar-refractivity contribution in [2.75, 3.05) is 38.5 Å². The molecule has 0 saturated carbocycles. The third kappa shape index (κ3) is 13.2. The predicted molar refractivity (Wildman–Crippen MR) is 114 cm³/mol. The van der Waals surface area contributed by atoms with Crippen LogP contribution in [-0.2, 0) is 0 Å². The van der Waals surface area contributed by atoms with Gasteiger partial charge < -0.3 is 9.80 Å². The standard InChI is InChI=1S/C21H46N2Si/c1-6-11-15-22(16-12-7-2)20-24(19-10-5)21-23(17-13-8-3)18-14-9-4/h10,19,24H,6-9,11-18,20-21H2,1-5H3. The van der Waals surface area contributed by atoms with Crippen LogP contribution in [-0.4, -0.2) is 57.1 Å². The van der Waals surface area contributed by atoms with Crippen LogP contribution in [0.3, 0.4) is 0 Å². The summed E-state index contributed by atoms with van der Waals surface area (Å²) in [6.45, 7) is 16.7. The number of hydrogen-bond donors (Lipinski definition) is 0. The van der Waals surface area contributed by atoms with Crippen molar-refractivity contribution in [1.82, 2.24) is 9.80 Å². The molecular formula is C21H46N2Si. The van der Waals surface area contributed by atoms with Crippen molar-refractivity contribution in [3.05, 3.63) is 11.8 Å². The molecule has 0 spiro atoms. The Morgan fingerprint density at radius 3 is 1.21 bits per heavy atom. The second-order valence-electron chi connectivity index (χ2n) is 7.30. The van der Waals surface area contributed by atoms with Crippen LogP contribution in [0.4, 0.5) is 0 Å². The lowest BCUT2D eigenvalue weighted by atomic mass is 10.3. The Morgan fingerprint density at radius 2 is 0.958 bits per heavy atom. The highest BCUT2D eigenvalue weighted by Gasteiger charge is 2.16. The van der Waals surface area contributed by atoms with Crippen LogP contribution >= 0.6 is 0 Å². The zero-order valence-electron chi connectivity index (χ0n) is 17.5. The van der Waals surface area contributed by atoms with E-state index in [1.807, 2.05) is 0 Å². The van der Waals surface area contributed by atoms with E-state index in [1.165, 1.54) is 89.9 Å². The first-order valence-electron chi connectivity index (χ1n) is 10.8. The highest BCUT2D eigenvalue weighted by molar-refractivity contribution is 6.64. The maximum Gasteiger partial charge on any atom is 0.0907 e. The first-order valence-corrected chi connectivity index (χ1v) is 13.1. The molecule has 0 N–H and O–H groups in total. The lowest BCUT2D eigenvalue weighted by Gasteiger charge is -2.30. The Balaban J connectivity index is 4.66. The number of allylic oxidation sites excluding steroid dienone is 1. The van der Waals surface area contributed by atoms with Crippen LogP contribution < -0.4 is 0 Å². The van der Waals surface area contributed by atoms with Gasteiger partial charge in [0.25, 0.3) is 0 Å². The fourth-order valence-electron chi connectivity index (χ4n) is 3.23. The van der Waals surface area contributed by atoms with Gasteiger partial charge >= 0.3 is 0 Å². The van der Waals surface area contributed by atoms with E-state index in [0.717, 1.165) is 0 Å². The molecule has 2 nitrogen and oxygen atoms in total. The van der Waals surface area contributed by atoms with Gasteiger partial charge in [0, 0.05) is 0 Å². The Labute approximate surface area is 155 Å². The van der Waals surface area contributed by atoms with E-state index >= 15 is 0 Å². The predicted octanol–water partition coefficient (Wildman–Crippen LogP) is 5.21. The van der Waals surface area contributed by atoms with Crippen LogP contribution in [0.2, 0.25) is 0 Å². The van der Waals surface area contributed by atoms with Gasteiger partial charge in [0.05, 0.1) is 8.80 Å². The van der Waals surface area contributed by atoms with Crippen LogP contribution in [0.1, 0.15) is 86.0 Å². The van der Waals surface area contributed by atoms with Gasteiger partial charge in [-0.25, -0.2) is 0 Å². The van der Waals surface area contributed by atoms with Gasteiger partial charge in [-0.2, -0.15) is 0 Å². The molecule has 0 unspecified atom stereocenters. The Bertz CT molecular complexity index is 243. The minimum atomic E-state index is -0.849. The van der Waals surface area contributed by atoms with Crippen LogP contribution in [0, 0.1) is 0 Å². The van der Waals surface area contributed by atoms with Crippen molar-refractivity contribution in [3.8, 4) is 0 Å². The van der Waals surface area contributed by atoms with Gasteiger partial charge in [0.15, 0.2) is 0 Å². The Kier molecular flexibility index (Phi) is 17.6. The molecule has 0 aromatic carbocycles. The van der Waals surface area contributed by atoms with E-state index in [0.29, 0.717) is 0 Å². The zero-order chi connectivity index (χ0) is 18.0. The maximum atomic E-state index is 2.78. The molecule has 0 atom stereocenters. The quantitative estimate of drug-likeness (QED) is 0.331. The summed E-state index contributed by atoms with van der Waals surface area (Å²) < 4.78 is 0. The lowest BCUT2D eigenvalue weighted by Crippen LogP contribution is -2.44. The summed E-state index contributed by atoms with van der Waals surface area (Å²) in [6, 6.07) is 0. The molecule has 0 rings (SSSR count). The van der Waals surface area contributed by atoms with Crippen molar-refractivity contribution in [2.24, 2.45) is 0 Å². The molecule has 0 aromatic heterocycles. The summed E-state index contributed by atoms with van der Waals surface area (Å²) in [4.78, 5) is 5.56. The first kappa shape index (κ1) is 23.9. The van der Waals surface area contributed by atoms with Crippen molar-refractivity contribution in [3.63, 3.8) is 0 Å². The summed E-state index contributed by atoms with van der Waals surface area (Å²) in [6.07, 6.45) is 15.8. The number of nitrogens with zero attached hydrogens (tertiary/aromatic N) is 2. The Hall–Kier alpha value is -0.123. The molecule has 0 fully saturated rings. The van der Waals surface area contributed by atoms with Crippen LogP contribution in [0.15, 0.2) is 11.8 Å². The highest BCUT2D eigenvalue weighted by atomic mass is 28.3. The zero-order valence-corrected chi connectivity index (χ0v) is 18.7. The normalized spacial score (nSPS) is 12.3. The molecule has 144 valence electrons. The lowest BCUT2D eigenvalue weighted by molar-refractivity contribution is 0.286. The minimum absolute atomic E-state index is 0.849. The topological polar surface area (TPSA) is 6.48 Å². The molecular weight excluding hydrogens is 308 g/mol. The van der Waals surface area contributed by atoms with Crippen LogP contribution in [0.5, 0.6) is 0 Å². The summed E-state index contributed by atoms with van der Waals surface area (Å²) in [5, 5.41) is 0. The number of rotatable bonds is 17. The second kappa shape index (κ2) is 17.7.